The summed E-state index contributed by atoms with van der Waals surface area (Å²) in [5.74, 6) is 0.723. The molecule has 180 valence electrons. The summed E-state index contributed by atoms with van der Waals surface area (Å²) < 4.78 is 12.7. The Bertz CT molecular complexity index is 1310. The van der Waals surface area contributed by atoms with Gasteiger partial charge >= 0.3 is 6.03 Å². The van der Waals surface area contributed by atoms with E-state index in [1.807, 2.05) is 53.1 Å². The summed E-state index contributed by atoms with van der Waals surface area (Å²) in [6.45, 7) is 3.57. The van der Waals surface area contributed by atoms with Crippen LogP contribution in [0.2, 0.25) is 0 Å². The van der Waals surface area contributed by atoms with E-state index in [1.165, 1.54) is 0 Å². The number of rotatable bonds is 7. The third kappa shape index (κ3) is 4.16. The van der Waals surface area contributed by atoms with Gasteiger partial charge in [0.1, 0.15) is 5.54 Å². The highest BCUT2D eigenvalue weighted by atomic mass is 32.2. The van der Waals surface area contributed by atoms with Crippen molar-refractivity contribution in [3.05, 3.63) is 48.5 Å². The molecule has 1 fully saturated rings. The number of para-hydroxylation sites is 1. The van der Waals surface area contributed by atoms with Crippen molar-refractivity contribution in [2.24, 2.45) is 0 Å². The van der Waals surface area contributed by atoms with E-state index in [1.54, 1.807) is 13.8 Å². The number of carbonyl (C=O) groups is 3. The average Bonchev–Trinajstić information content (AvgIpc) is 3.56. The van der Waals surface area contributed by atoms with Crippen LogP contribution < -0.4 is 20.2 Å². The molecule has 1 aromatic heterocycles. The Morgan fingerprint density at radius 1 is 1.14 bits per heavy atom. The van der Waals surface area contributed by atoms with E-state index in [0.717, 1.165) is 28.0 Å². The van der Waals surface area contributed by atoms with Gasteiger partial charge in [-0.25, -0.2) is 4.79 Å². The fourth-order valence-corrected chi connectivity index (χ4v) is 4.45. The van der Waals surface area contributed by atoms with Gasteiger partial charge in [0, 0.05) is 11.3 Å². The predicted octanol–water partition coefficient (Wildman–Crippen LogP) is 2.51. The van der Waals surface area contributed by atoms with Gasteiger partial charge in [0.05, 0.1) is 5.75 Å². The van der Waals surface area contributed by atoms with Gasteiger partial charge in [-0.3, -0.25) is 19.6 Å². The lowest BCUT2D eigenvalue weighted by atomic mass is 10.00. The molecule has 0 spiro atoms. The summed E-state index contributed by atoms with van der Waals surface area (Å²) in [6.07, 6.45) is 0.404. The minimum atomic E-state index is -1.04. The maximum Gasteiger partial charge on any atom is 0.344 e. The molecule has 11 nitrogen and oxygen atoms in total. The highest BCUT2D eigenvalue weighted by Gasteiger charge is 2.47. The van der Waals surface area contributed by atoms with Crippen LogP contribution in [0.5, 0.6) is 11.5 Å². The molecule has 3 aromatic rings. The lowest BCUT2D eigenvalue weighted by Gasteiger charge is -2.19. The molecule has 1 saturated heterocycles. The zero-order valence-corrected chi connectivity index (χ0v) is 19.8. The van der Waals surface area contributed by atoms with Crippen molar-refractivity contribution < 1.29 is 23.9 Å². The second-order valence-electron chi connectivity index (χ2n) is 8.13. The van der Waals surface area contributed by atoms with Crippen LogP contribution in [0, 0.1) is 0 Å². The van der Waals surface area contributed by atoms with Gasteiger partial charge in [-0.15, -0.1) is 10.2 Å². The number of thioether (sulfide) groups is 1. The van der Waals surface area contributed by atoms with Crippen LogP contribution in [0.15, 0.2) is 53.7 Å². The number of benzene rings is 2. The van der Waals surface area contributed by atoms with Crippen LogP contribution in [-0.4, -0.2) is 55.7 Å². The first-order valence-electron chi connectivity index (χ1n) is 10.9. The summed E-state index contributed by atoms with van der Waals surface area (Å²) in [4.78, 5) is 37.3. The average molecular weight is 495 g/mol. The first kappa shape index (κ1) is 22.7. The second-order valence-corrected chi connectivity index (χ2v) is 9.07. The summed E-state index contributed by atoms with van der Waals surface area (Å²) in [5.41, 5.74) is 2.92. The van der Waals surface area contributed by atoms with Gasteiger partial charge < -0.3 is 14.8 Å². The quantitative estimate of drug-likeness (QED) is 0.379. The highest BCUT2D eigenvalue weighted by molar-refractivity contribution is 7.99. The van der Waals surface area contributed by atoms with E-state index in [4.69, 9.17) is 9.47 Å². The van der Waals surface area contributed by atoms with E-state index in [2.05, 4.69) is 20.9 Å². The molecule has 0 bridgehead atoms. The highest BCUT2D eigenvalue weighted by Crippen LogP contribution is 2.37. The molecule has 2 aliphatic heterocycles. The fourth-order valence-electron chi connectivity index (χ4n) is 3.71. The Kier molecular flexibility index (Phi) is 5.81. The summed E-state index contributed by atoms with van der Waals surface area (Å²) in [6, 6.07) is 14.3. The number of fused-ring (bicyclic) bond motifs is 1. The first-order valence-corrected chi connectivity index (χ1v) is 11.9. The largest absolute Gasteiger partial charge is 0.454 e. The number of imide groups is 1. The Hall–Kier alpha value is -4.06. The molecule has 35 heavy (non-hydrogen) atoms. The fraction of sp³-hybridized carbons (Fsp3) is 0.261. The van der Waals surface area contributed by atoms with E-state index in [-0.39, 0.29) is 12.5 Å². The van der Waals surface area contributed by atoms with Crippen LogP contribution >= 0.6 is 11.8 Å². The van der Waals surface area contributed by atoms with Gasteiger partial charge in [-0.2, -0.15) is 5.01 Å². The van der Waals surface area contributed by atoms with Gasteiger partial charge in [-0.1, -0.05) is 36.9 Å². The minimum absolute atomic E-state index is 0.0913. The first-order chi connectivity index (χ1) is 16.9. The molecule has 0 aliphatic carbocycles. The SMILES string of the molecule is CC[C@@]1(C)NC(=O)N(NC(=O)CSc2nnc(-c3ccc4c(c3)OCO4)n2-c2ccccc2)C1=O. The molecule has 3 heterocycles. The van der Waals surface area contributed by atoms with Gasteiger partial charge in [0.25, 0.3) is 5.91 Å². The molecule has 0 saturated carbocycles. The van der Waals surface area contributed by atoms with Gasteiger partial charge in [-0.05, 0) is 43.7 Å². The molecular formula is C23H22N6O5S. The Labute approximate surface area is 204 Å². The van der Waals surface area contributed by atoms with Crippen LogP contribution in [0.3, 0.4) is 0 Å². The monoisotopic (exact) mass is 494 g/mol. The number of hydrogen-bond acceptors (Lipinski definition) is 8. The van der Waals surface area contributed by atoms with Crippen molar-refractivity contribution in [1.29, 1.82) is 0 Å². The molecule has 2 aliphatic rings. The zero-order valence-electron chi connectivity index (χ0n) is 19.0. The summed E-state index contributed by atoms with van der Waals surface area (Å²) in [7, 11) is 0. The van der Waals surface area contributed by atoms with Crippen molar-refractivity contribution >= 4 is 29.6 Å². The smallest absolute Gasteiger partial charge is 0.344 e. The third-order valence-corrected chi connectivity index (χ3v) is 6.74. The van der Waals surface area contributed by atoms with E-state index >= 15 is 0 Å². The normalized spacial score (nSPS) is 18.6. The van der Waals surface area contributed by atoms with Gasteiger partial charge in [0.2, 0.25) is 12.7 Å². The number of nitrogens with one attached hydrogen (secondary N) is 2. The molecule has 2 aromatic carbocycles. The van der Waals surface area contributed by atoms with Crippen LogP contribution in [0.4, 0.5) is 4.79 Å². The number of hydrogen-bond donors (Lipinski definition) is 2. The number of urea groups is 1. The number of carbonyl (C=O) groups excluding carboxylic acids is 3. The molecule has 2 N–H and O–H groups in total. The van der Waals surface area contributed by atoms with E-state index in [0.29, 0.717) is 28.9 Å². The van der Waals surface area contributed by atoms with E-state index in [9.17, 15) is 14.4 Å². The van der Waals surface area contributed by atoms with Gasteiger partial charge in [0.15, 0.2) is 22.5 Å². The number of amides is 4. The number of ether oxygens (including phenoxy) is 2. The Morgan fingerprint density at radius 3 is 2.66 bits per heavy atom. The van der Waals surface area contributed by atoms with E-state index < -0.39 is 23.4 Å². The summed E-state index contributed by atoms with van der Waals surface area (Å²) >= 11 is 1.13. The standard InChI is InChI=1S/C23H22N6O5S/c1-3-23(2)20(31)29(21(32)24-23)27-18(30)12-35-22-26-25-19(28(22)15-7-5-4-6-8-15)14-9-10-16-17(11-14)34-13-33-16/h4-11H,3,12-13H2,1-2H3,(H,24,32)(H,27,30)/t23-/m1/s1. The predicted molar refractivity (Wildman–Crippen MR) is 126 cm³/mol. The Balaban J connectivity index is 1.37. The van der Waals surface area contributed by atoms with Crippen LogP contribution in [-0.2, 0) is 9.59 Å². The van der Waals surface area contributed by atoms with Crippen molar-refractivity contribution in [3.8, 4) is 28.6 Å². The van der Waals surface area contributed by atoms with Crippen LogP contribution in [0.1, 0.15) is 20.3 Å². The van der Waals surface area contributed by atoms with Crippen molar-refractivity contribution in [1.82, 2.24) is 30.5 Å². The molecule has 0 radical (unpaired) electrons. The molecule has 0 unspecified atom stereocenters. The lowest BCUT2D eigenvalue weighted by molar-refractivity contribution is -0.137. The Morgan fingerprint density at radius 2 is 1.91 bits per heavy atom. The molecular weight excluding hydrogens is 472 g/mol. The number of aromatic nitrogens is 3. The lowest BCUT2D eigenvalue weighted by Crippen LogP contribution is -2.49. The van der Waals surface area contributed by atoms with Crippen molar-refractivity contribution in [2.75, 3.05) is 12.5 Å². The molecule has 4 amide bonds. The zero-order chi connectivity index (χ0) is 24.6. The van der Waals surface area contributed by atoms with Crippen molar-refractivity contribution in [3.63, 3.8) is 0 Å². The minimum Gasteiger partial charge on any atom is -0.454 e. The topological polar surface area (TPSA) is 128 Å². The molecule has 5 rings (SSSR count). The second kappa shape index (κ2) is 8.95. The molecule has 1 atom stereocenters. The van der Waals surface area contributed by atoms with Crippen LogP contribution in [0.25, 0.3) is 17.1 Å². The molecule has 12 heteroatoms. The third-order valence-electron chi connectivity index (χ3n) is 5.82. The number of hydrazine groups is 1. The summed E-state index contributed by atoms with van der Waals surface area (Å²) in [5, 5.41) is 12.5. The van der Waals surface area contributed by atoms with Crippen molar-refractivity contribution in [2.45, 2.75) is 31.0 Å². The maximum absolute atomic E-state index is 12.6. The number of nitrogens with zero attached hydrogens (tertiary/aromatic N) is 4. The maximum atomic E-state index is 12.6.